The van der Waals surface area contributed by atoms with E-state index in [0.29, 0.717) is 111 Å². The molecule has 220 valence electrons. The van der Waals surface area contributed by atoms with Gasteiger partial charge in [0.25, 0.3) is 0 Å². The number of anilines is 1. The molecule has 0 aliphatic carbocycles. The fourth-order valence-electron chi connectivity index (χ4n) is 2.75. The number of carbonyl (C=O) groups excluding carboxylic acids is 1. The van der Waals surface area contributed by atoms with E-state index in [1.807, 2.05) is 0 Å². The van der Waals surface area contributed by atoms with Crippen molar-refractivity contribution in [3.05, 3.63) is 24.3 Å². The number of nitrogens with one attached hydrogen (secondary N) is 1. The van der Waals surface area contributed by atoms with Crippen LogP contribution < -0.4 is 10.1 Å². The molecule has 1 N–H and O–H groups in total. The zero-order valence-corrected chi connectivity index (χ0v) is 22.5. The summed E-state index contributed by atoms with van der Waals surface area (Å²) in [6.07, 6.45) is 0. The van der Waals surface area contributed by atoms with Crippen LogP contribution in [-0.4, -0.2) is 125 Å². The lowest BCUT2D eigenvalue weighted by Crippen LogP contribution is -2.15. The average molecular weight is 550 g/mol. The Morgan fingerprint density at radius 2 is 0.868 bits per heavy atom. The summed E-state index contributed by atoms with van der Waals surface area (Å²) in [4.78, 5) is 11.0. The van der Waals surface area contributed by atoms with Crippen LogP contribution in [0, 0.1) is 0 Å². The Morgan fingerprint density at radius 3 is 1.18 bits per heavy atom. The second kappa shape index (κ2) is 26.7. The monoisotopic (exact) mass is 549 g/mol. The summed E-state index contributed by atoms with van der Waals surface area (Å²) < 4.78 is 60.2. The number of alkyl halides is 1. The average Bonchev–Trinajstić information content (AvgIpc) is 2.91. The highest BCUT2D eigenvalue weighted by Crippen LogP contribution is 2.15. The zero-order valence-electron chi connectivity index (χ0n) is 22.5. The van der Waals surface area contributed by atoms with Crippen molar-refractivity contribution in [2.75, 3.05) is 124 Å². The molecule has 0 bridgehead atoms. The summed E-state index contributed by atoms with van der Waals surface area (Å²) in [5.74, 6) is 0.605. The zero-order chi connectivity index (χ0) is 27.4. The fraction of sp³-hybridized carbons (Fsp3) is 0.731. The molecule has 0 saturated carbocycles. The maximum absolute atomic E-state index is 11.8. The van der Waals surface area contributed by atoms with E-state index in [4.69, 9.17) is 42.6 Å². The predicted octanol–water partition coefficient (Wildman–Crippen LogP) is 2.13. The van der Waals surface area contributed by atoms with Gasteiger partial charge in [0.2, 0.25) is 5.91 Å². The lowest BCUT2D eigenvalue weighted by Gasteiger charge is -2.09. The van der Waals surface area contributed by atoms with E-state index < -0.39 is 6.67 Å². The largest absolute Gasteiger partial charge is 0.491 e. The van der Waals surface area contributed by atoms with Gasteiger partial charge in [-0.3, -0.25) is 4.79 Å². The quantitative estimate of drug-likeness (QED) is 0.156. The van der Waals surface area contributed by atoms with Crippen molar-refractivity contribution in [2.24, 2.45) is 0 Å². The number of ether oxygens (including phenoxy) is 9. The first-order chi connectivity index (χ1) is 18.7. The highest BCUT2D eigenvalue weighted by Gasteiger charge is 1.98. The summed E-state index contributed by atoms with van der Waals surface area (Å²) in [7, 11) is 0. The van der Waals surface area contributed by atoms with Crippen molar-refractivity contribution in [1.29, 1.82) is 0 Å². The third-order valence-electron chi connectivity index (χ3n) is 4.50. The van der Waals surface area contributed by atoms with Gasteiger partial charge in [-0.25, -0.2) is 4.39 Å². The first-order valence-corrected chi connectivity index (χ1v) is 12.9. The van der Waals surface area contributed by atoms with Gasteiger partial charge in [-0.05, 0) is 24.3 Å². The summed E-state index contributed by atoms with van der Waals surface area (Å²) in [6, 6.07) is 7.16. The first-order valence-electron chi connectivity index (χ1n) is 12.9. The van der Waals surface area contributed by atoms with E-state index in [1.54, 1.807) is 24.3 Å². The van der Waals surface area contributed by atoms with Gasteiger partial charge in [0.15, 0.2) is 0 Å². The molecule has 0 heterocycles. The molecule has 0 spiro atoms. The highest BCUT2D eigenvalue weighted by atomic mass is 19.1. The number of rotatable bonds is 28. The molecule has 0 aromatic heterocycles. The molecule has 11 nitrogen and oxygen atoms in total. The minimum absolute atomic E-state index is 0.109. The van der Waals surface area contributed by atoms with Crippen molar-refractivity contribution in [2.45, 2.75) is 6.92 Å². The van der Waals surface area contributed by atoms with Gasteiger partial charge in [-0.15, -0.1) is 0 Å². The van der Waals surface area contributed by atoms with Crippen LogP contribution in [0.4, 0.5) is 10.1 Å². The van der Waals surface area contributed by atoms with Crippen LogP contribution in [-0.2, 0) is 42.7 Å². The minimum Gasteiger partial charge on any atom is -0.491 e. The number of benzene rings is 1. The molecule has 0 aliphatic rings. The Morgan fingerprint density at radius 1 is 0.553 bits per heavy atom. The van der Waals surface area contributed by atoms with Crippen LogP contribution >= 0.6 is 0 Å². The molecule has 12 heteroatoms. The van der Waals surface area contributed by atoms with E-state index in [-0.39, 0.29) is 12.5 Å². The van der Waals surface area contributed by atoms with Gasteiger partial charge in [-0.1, -0.05) is 0 Å². The second-order valence-corrected chi connectivity index (χ2v) is 7.64. The predicted molar refractivity (Wildman–Crippen MR) is 139 cm³/mol. The Bertz CT molecular complexity index is 653. The van der Waals surface area contributed by atoms with Gasteiger partial charge < -0.3 is 47.9 Å². The summed E-state index contributed by atoms with van der Waals surface area (Å²) in [6.45, 7) is 8.63. The molecule has 1 rings (SSSR count). The smallest absolute Gasteiger partial charge is 0.221 e. The summed E-state index contributed by atoms with van der Waals surface area (Å²) in [5, 5.41) is 2.70. The molecular weight excluding hydrogens is 505 g/mol. The van der Waals surface area contributed by atoms with Crippen molar-refractivity contribution >= 4 is 11.6 Å². The van der Waals surface area contributed by atoms with Crippen LogP contribution in [0.1, 0.15) is 6.92 Å². The molecule has 1 amide bonds. The van der Waals surface area contributed by atoms with Crippen LogP contribution in [0.15, 0.2) is 24.3 Å². The third kappa shape index (κ3) is 23.2. The van der Waals surface area contributed by atoms with E-state index in [2.05, 4.69) is 5.32 Å². The van der Waals surface area contributed by atoms with Crippen molar-refractivity contribution < 1.29 is 51.8 Å². The molecule has 0 unspecified atom stereocenters. The minimum atomic E-state index is -0.476. The Kier molecular flexibility index (Phi) is 24.0. The van der Waals surface area contributed by atoms with Gasteiger partial charge in [-0.2, -0.15) is 0 Å². The maximum atomic E-state index is 11.8. The third-order valence-corrected chi connectivity index (χ3v) is 4.50. The van der Waals surface area contributed by atoms with Crippen LogP contribution in [0.25, 0.3) is 0 Å². The number of hydrogen-bond acceptors (Lipinski definition) is 10. The molecule has 1 aromatic rings. The summed E-state index contributed by atoms with van der Waals surface area (Å²) >= 11 is 0. The molecule has 0 fully saturated rings. The van der Waals surface area contributed by atoms with Crippen LogP contribution in [0.3, 0.4) is 0 Å². The number of halogens is 1. The highest BCUT2D eigenvalue weighted by molar-refractivity contribution is 5.88. The lowest BCUT2D eigenvalue weighted by atomic mass is 10.3. The van der Waals surface area contributed by atoms with E-state index in [0.717, 1.165) is 5.69 Å². The SMILES string of the molecule is CC(=O)Nc1ccc(OCCOCCOCCOCCOCCOCCOCCOCCOCCF)cc1. The number of carbonyl (C=O) groups is 1. The van der Waals surface area contributed by atoms with Gasteiger partial charge in [0.1, 0.15) is 19.0 Å². The number of hydrogen-bond donors (Lipinski definition) is 1. The standard InChI is InChI=1S/C26H44FNO10/c1-24(29)28-25-2-4-26(5-3-25)38-23-22-37-21-20-36-19-18-35-17-16-34-15-14-33-13-12-32-11-10-31-9-8-30-7-6-27/h2-5H,6-23H2,1H3,(H,28,29). The van der Waals surface area contributed by atoms with Crippen molar-refractivity contribution in [3.8, 4) is 5.75 Å². The lowest BCUT2D eigenvalue weighted by molar-refractivity contribution is -0.114. The molecular formula is C26H44FNO10. The Hall–Kier alpha value is -1.90. The topological polar surface area (TPSA) is 112 Å². The maximum Gasteiger partial charge on any atom is 0.221 e. The van der Waals surface area contributed by atoms with E-state index in [9.17, 15) is 9.18 Å². The Balaban J connectivity index is 1.70. The molecule has 1 aromatic carbocycles. The molecule has 0 aliphatic heterocycles. The fourth-order valence-corrected chi connectivity index (χ4v) is 2.75. The van der Waals surface area contributed by atoms with Crippen LogP contribution in [0.5, 0.6) is 5.75 Å². The van der Waals surface area contributed by atoms with Crippen molar-refractivity contribution in [3.63, 3.8) is 0 Å². The normalized spacial score (nSPS) is 11.1. The number of amides is 1. The van der Waals surface area contributed by atoms with Gasteiger partial charge in [0.05, 0.1) is 106 Å². The van der Waals surface area contributed by atoms with E-state index >= 15 is 0 Å². The summed E-state index contributed by atoms with van der Waals surface area (Å²) in [5.41, 5.74) is 0.730. The first kappa shape index (κ1) is 34.1. The van der Waals surface area contributed by atoms with Gasteiger partial charge in [0, 0.05) is 12.6 Å². The molecule has 0 saturated heterocycles. The van der Waals surface area contributed by atoms with Crippen molar-refractivity contribution in [1.82, 2.24) is 0 Å². The molecule has 0 atom stereocenters. The molecule has 38 heavy (non-hydrogen) atoms. The second-order valence-electron chi connectivity index (χ2n) is 7.64. The van der Waals surface area contributed by atoms with Crippen LogP contribution in [0.2, 0.25) is 0 Å². The van der Waals surface area contributed by atoms with Gasteiger partial charge >= 0.3 is 0 Å². The Labute approximate surface area is 225 Å². The van der Waals surface area contributed by atoms with E-state index in [1.165, 1.54) is 6.92 Å². The molecule has 0 radical (unpaired) electrons.